The molecule has 3 aromatic rings. The molecule has 0 saturated carbocycles. The van der Waals surface area contributed by atoms with Gasteiger partial charge < -0.3 is 14.9 Å². The SMILES string of the molecule is Nc1ccccc1OCCn1c(=O)oc2ccccc21. The summed E-state index contributed by atoms with van der Waals surface area (Å²) in [5, 5.41) is 0. The van der Waals surface area contributed by atoms with Gasteiger partial charge in [-0.1, -0.05) is 24.3 Å². The second kappa shape index (κ2) is 5.13. The molecule has 0 bridgehead atoms. The summed E-state index contributed by atoms with van der Waals surface area (Å²) in [4.78, 5) is 11.8. The van der Waals surface area contributed by atoms with Gasteiger partial charge in [-0.15, -0.1) is 0 Å². The second-order valence-corrected chi connectivity index (χ2v) is 4.37. The molecule has 2 N–H and O–H groups in total. The van der Waals surface area contributed by atoms with Gasteiger partial charge in [-0.2, -0.15) is 0 Å². The number of ether oxygens (including phenoxy) is 1. The molecule has 0 spiro atoms. The maximum absolute atomic E-state index is 11.8. The van der Waals surface area contributed by atoms with Gasteiger partial charge in [-0.25, -0.2) is 4.79 Å². The fraction of sp³-hybridized carbons (Fsp3) is 0.133. The summed E-state index contributed by atoms with van der Waals surface area (Å²) in [5.74, 6) is 0.240. The Morgan fingerprint density at radius 2 is 1.85 bits per heavy atom. The molecule has 1 aromatic heterocycles. The van der Waals surface area contributed by atoms with Crippen molar-refractivity contribution < 1.29 is 9.15 Å². The monoisotopic (exact) mass is 270 g/mol. The Balaban J connectivity index is 1.76. The molecule has 0 saturated heterocycles. The van der Waals surface area contributed by atoms with E-state index in [9.17, 15) is 4.79 Å². The first-order valence-electron chi connectivity index (χ1n) is 6.31. The minimum absolute atomic E-state index is 0.345. The van der Waals surface area contributed by atoms with Gasteiger partial charge in [-0.3, -0.25) is 4.57 Å². The lowest BCUT2D eigenvalue weighted by Gasteiger charge is -2.08. The highest BCUT2D eigenvalue weighted by Gasteiger charge is 2.08. The number of nitrogen functional groups attached to an aromatic ring is 1. The summed E-state index contributed by atoms with van der Waals surface area (Å²) in [6.45, 7) is 0.752. The zero-order chi connectivity index (χ0) is 13.9. The molecular weight excluding hydrogens is 256 g/mol. The third kappa shape index (κ3) is 2.25. The lowest BCUT2D eigenvalue weighted by Crippen LogP contribution is -2.18. The van der Waals surface area contributed by atoms with Crippen LogP contribution in [0, 0.1) is 0 Å². The number of oxazole rings is 1. The van der Waals surface area contributed by atoms with Crippen LogP contribution < -0.4 is 16.2 Å². The smallest absolute Gasteiger partial charge is 0.420 e. The summed E-state index contributed by atoms with van der Waals surface area (Å²) >= 11 is 0. The van der Waals surface area contributed by atoms with Crippen LogP contribution in [-0.4, -0.2) is 11.2 Å². The lowest BCUT2D eigenvalue weighted by molar-refractivity contribution is 0.295. The number of nitrogens with two attached hydrogens (primary N) is 1. The molecule has 0 aliphatic carbocycles. The minimum Gasteiger partial charge on any atom is -0.490 e. The molecule has 0 fully saturated rings. The standard InChI is InChI=1S/C15H14N2O3/c16-11-5-1-3-7-13(11)19-10-9-17-12-6-2-4-8-14(12)20-15(17)18/h1-8H,9-10,16H2. The molecule has 1 heterocycles. The van der Waals surface area contributed by atoms with Crippen LogP contribution in [0.3, 0.4) is 0 Å². The van der Waals surface area contributed by atoms with Crippen LogP contribution >= 0.6 is 0 Å². The first-order chi connectivity index (χ1) is 9.75. The molecule has 5 heteroatoms. The zero-order valence-electron chi connectivity index (χ0n) is 10.8. The van der Waals surface area contributed by atoms with E-state index in [0.717, 1.165) is 5.52 Å². The largest absolute Gasteiger partial charge is 0.490 e. The van der Waals surface area contributed by atoms with Crippen molar-refractivity contribution in [1.29, 1.82) is 0 Å². The Morgan fingerprint density at radius 3 is 2.70 bits per heavy atom. The number of hydrogen-bond donors (Lipinski definition) is 1. The van der Waals surface area contributed by atoms with E-state index in [2.05, 4.69) is 0 Å². The third-order valence-electron chi connectivity index (χ3n) is 3.07. The van der Waals surface area contributed by atoms with Gasteiger partial charge >= 0.3 is 5.76 Å². The van der Waals surface area contributed by atoms with Crippen molar-refractivity contribution in [2.24, 2.45) is 0 Å². The second-order valence-electron chi connectivity index (χ2n) is 4.37. The van der Waals surface area contributed by atoms with Gasteiger partial charge in [0.05, 0.1) is 17.7 Å². The topological polar surface area (TPSA) is 70.4 Å². The first kappa shape index (κ1) is 12.3. The molecule has 0 aliphatic rings. The van der Waals surface area contributed by atoms with Gasteiger partial charge in [0.2, 0.25) is 0 Å². The van der Waals surface area contributed by atoms with E-state index in [0.29, 0.717) is 30.2 Å². The minimum atomic E-state index is -0.379. The van der Waals surface area contributed by atoms with E-state index in [-0.39, 0.29) is 5.76 Å². The van der Waals surface area contributed by atoms with Crippen LogP contribution in [0.25, 0.3) is 11.1 Å². The number of para-hydroxylation sites is 4. The van der Waals surface area contributed by atoms with Gasteiger partial charge in [0, 0.05) is 0 Å². The number of aromatic nitrogens is 1. The van der Waals surface area contributed by atoms with E-state index in [1.54, 1.807) is 22.8 Å². The van der Waals surface area contributed by atoms with Gasteiger partial charge in [0.15, 0.2) is 5.58 Å². The summed E-state index contributed by atoms with van der Waals surface area (Å²) < 4.78 is 12.3. The zero-order valence-corrected chi connectivity index (χ0v) is 10.8. The van der Waals surface area contributed by atoms with Crippen molar-refractivity contribution in [1.82, 2.24) is 4.57 Å². The Labute approximate surface area is 115 Å². The number of anilines is 1. The molecule has 102 valence electrons. The molecule has 0 radical (unpaired) electrons. The molecule has 20 heavy (non-hydrogen) atoms. The number of fused-ring (bicyclic) bond motifs is 1. The third-order valence-corrected chi connectivity index (χ3v) is 3.07. The summed E-state index contributed by atoms with van der Waals surface area (Å²) in [6.07, 6.45) is 0. The van der Waals surface area contributed by atoms with Crippen LogP contribution in [0.4, 0.5) is 5.69 Å². The van der Waals surface area contributed by atoms with Crippen LogP contribution in [0.2, 0.25) is 0 Å². The quantitative estimate of drug-likeness (QED) is 0.738. The van der Waals surface area contributed by atoms with Gasteiger partial charge in [0.25, 0.3) is 0 Å². The summed E-state index contributed by atoms with van der Waals surface area (Å²) in [6, 6.07) is 14.6. The maximum atomic E-state index is 11.8. The fourth-order valence-corrected chi connectivity index (χ4v) is 2.08. The lowest BCUT2D eigenvalue weighted by atomic mass is 10.3. The number of rotatable bonds is 4. The van der Waals surface area contributed by atoms with Crippen molar-refractivity contribution in [2.45, 2.75) is 6.54 Å². The molecule has 5 nitrogen and oxygen atoms in total. The molecular formula is C15H14N2O3. The Hall–Kier alpha value is -2.69. The maximum Gasteiger partial charge on any atom is 0.420 e. The first-order valence-corrected chi connectivity index (χ1v) is 6.31. The Bertz CT molecular complexity index is 789. The number of nitrogens with zero attached hydrogens (tertiary/aromatic N) is 1. The van der Waals surface area contributed by atoms with Crippen LogP contribution in [-0.2, 0) is 6.54 Å². The number of hydrogen-bond acceptors (Lipinski definition) is 4. The Kier molecular flexibility index (Phi) is 3.16. The van der Waals surface area contributed by atoms with Gasteiger partial charge in [0.1, 0.15) is 12.4 Å². The molecule has 2 aromatic carbocycles. The predicted molar refractivity (Wildman–Crippen MR) is 76.8 cm³/mol. The van der Waals surface area contributed by atoms with Crippen LogP contribution in [0.1, 0.15) is 0 Å². The number of benzene rings is 2. The molecule has 3 rings (SSSR count). The predicted octanol–water partition coefficient (Wildman–Crippen LogP) is 2.26. The molecule has 0 aliphatic heterocycles. The summed E-state index contributed by atoms with van der Waals surface area (Å²) in [7, 11) is 0. The normalized spacial score (nSPS) is 10.8. The average molecular weight is 270 g/mol. The summed E-state index contributed by atoms with van der Waals surface area (Å²) in [5.41, 5.74) is 7.72. The van der Waals surface area contributed by atoms with Crippen LogP contribution in [0.15, 0.2) is 57.7 Å². The van der Waals surface area contributed by atoms with E-state index >= 15 is 0 Å². The highest BCUT2D eigenvalue weighted by atomic mass is 16.5. The van der Waals surface area contributed by atoms with E-state index in [1.807, 2.05) is 30.3 Å². The highest BCUT2D eigenvalue weighted by Crippen LogP contribution is 2.19. The van der Waals surface area contributed by atoms with Crippen molar-refractivity contribution in [3.63, 3.8) is 0 Å². The van der Waals surface area contributed by atoms with Crippen LogP contribution in [0.5, 0.6) is 5.75 Å². The Morgan fingerprint density at radius 1 is 1.10 bits per heavy atom. The van der Waals surface area contributed by atoms with E-state index in [4.69, 9.17) is 14.9 Å². The van der Waals surface area contributed by atoms with Crippen molar-refractivity contribution >= 4 is 16.8 Å². The average Bonchev–Trinajstić information content (AvgIpc) is 2.77. The van der Waals surface area contributed by atoms with Crippen molar-refractivity contribution in [3.8, 4) is 5.75 Å². The van der Waals surface area contributed by atoms with E-state index < -0.39 is 0 Å². The van der Waals surface area contributed by atoms with Gasteiger partial charge in [-0.05, 0) is 24.3 Å². The highest BCUT2D eigenvalue weighted by molar-refractivity contribution is 5.72. The van der Waals surface area contributed by atoms with E-state index in [1.165, 1.54) is 0 Å². The van der Waals surface area contributed by atoms with Crippen molar-refractivity contribution in [3.05, 3.63) is 59.1 Å². The molecule has 0 atom stereocenters. The molecule has 0 unspecified atom stereocenters. The molecule has 0 amide bonds. The fourth-order valence-electron chi connectivity index (χ4n) is 2.08. The van der Waals surface area contributed by atoms with Crippen molar-refractivity contribution in [2.75, 3.05) is 12.3 Å².